The fraction of sp³-hybridized carbons (Fsp3) is 0.818. The van der Waals surface area contributed by atoms with Crippen molar-refractivity contribution in [2.24, 2.45) is 0 Å². The topological polar surface area (TPSA) is 82.4 Å². The van der Waals surface area contributed by atoms with Gasteiger partial charge in [-0.1, -0.05) is 5.10 Å². The van der Waals surface area contributed by atoms with Crippen molar-refractivity contribution >= 4 is 11.9 Å². The molecule has 2 atom stereocenters. The molecule has 1 aromatic heterocycles. The summed E-state index contributed by atoms with van der Waals surface area (Å²) in [5.74, 6) is 0.154. The Morgan fingerprint density at radius 3 is 2.74 bits per heavy atom. The average molecular weight is 269 g/mol. The van der Waals surface area contributed by atoms with Crippen molar-refractivity contribution in [3.63, 3.8) is 0 Å². The van der Waals surface area contributed by atoms with E-state index in [0.29, 0.717) is 12.6 Å². The Labute approximate surface area is 111 Å². The first-order chi connectivity index (χ1) is 9.08. The molecular formula is C11H19N5O3. The maximum atomic E-state index is 11.3. The molecule has 19 heavy (non-hydrogen) atoms. The van der Waals surface area contributed by atoms with Crippen LogP contribution in [0.1, 0.15) is 20.8 Å². The summed E-state index contributed by atoms with van der Waals surface area (Å²) in [5.41, 5.74) is 0. The first-order valence-corrected chi connectivity index (χ1v) is 6.42. The number of rotatable bonds is 4. The number of anilines is 1. The highest BCUT2D eigenvalue weighted by molar-refractivity contribution is 5.68. The Kier molecular flexibility index (Phi) is 4.31. The summed E-state index contributed by atoms with van der Waals surface area (Å²) in [5, 5.41) is 12.0. The van der Waals surface area contributed by atoms with Gasteiger partial charge in [0.2, 0.25) is 0 Å². The molecule has 0 radical (unpaired) electrons. The fourth-order valence-corrected chi connectivity index (χ4v) is 2.09. The van der Waals surface area contributed by atoms with Crippen LogP contribution in [0.3, 0.4) is 0 Å². The van der Waals surface area contributed by atoms with Gasteiger partial charge in [0.05, 0.1) is 18.8 Å². The minimum Gasteiger partial charge on any atom is -0.465 e. The molecule has 2 unspecified atom stereocenters. The SMILES string of the molecule is CCOC(=O)Cn1nnc(N2CC(C)OC(C)C2)n1. The molecule has 1 aliphatic rings. The van der Waals surface area contributed by atoms with Crippen LogP contribution in [-0.2, 0) is 20.8 Å². The van der Waals surface area contributed by atoms with Crippen LogP contribution >= 0.6 is 0 Å². The van der Waals surface area contributed by atoms with E-state index in [0.717, 1.165) is 13.1 Å². The lowest BCUT2D eigenvalue weighted by molar-refractivity contribution is -0.144. The van der Waals surface area contributed by atoms with E-state index in [-0.39, 0.29) is 24.7 Å². The Hall–Kier alpha value is -1.70. The first-order valence-electron chi connectivity index (χ1n) is 6.42. The van der Waals surface area contributed by atoms with Crippen LogP contribution in [0.15, 0.2) is 0 Å². The Bertz CT molecular complexity index is 426. The summed E-state index contributed by atoms with van der Waals surface area (Å²) in [6, 6.07) is 0. The number of morpholine rings is 1. The highest BCUT2D eigenvalue weighted by Crippen LogP contribution is 2.15. The predicted molar refractivity (Wildman–Crippen MR) is 66.7 cm³/mol. The zero-order valence-electron chi connectivity index (χ0n) is 11.4. The summed E-state index contributed by atoms with van der Waals surface area (Å²) in [4.78, 5) is 14.6. The molecule has 1 fully saturated rings. The smallest absolute Gasteiger partial charge is 0.329 e. The van der Waals surface area contributed by atoms with Gasteiger partial charge in [0, 0.05) is 13.1 Å². The molecule has 0 spiro atoms. The summed E-state index contributed by atoms with van der Waals surface area (Å²) in [6.07, 6.45) is 0.251. The largest absolute Gasteiger partial charge is 0.465 e. The quantitative estimate of drug-likeness (QED) is 0.703. The zero-order chi connectivity index (χ0) is 13.8. The Morgan fingerprint density at radius 1 is 1.42 bits per heavy atom. The van der Waals surface area contributed by atoms with E-state index in [1.54, 1.807) is 6.92 Å². The lowest BCUT2D eigenvalue weighted by Gasteiger charge is -2.34. The van der Waals surface area contributed by atoms with Crippen LogP contribution in [0.25, 0.3) is 0 Å². The summed E-state index contributed by atoms with van der Waals surface area (Å²) < 4.78 is 10.5. The summed E-state index contributed by atoms with van der Waals surface area (Å²) in [6.45, 7) is 7.53. The van der Waals surface area contributed by atoms with E-state index < -0.39 is 0 Å². The van der Waals surface area contributed by atoms with E-state index in [1.165, 1.54) is 4.80 Å². The molecule has 0 saturated carbocycles. The number of aromatic nitrogens is 4. The van der Waals surface area contributed by atoms with Crippen molar-refractivity contribution in [2.75, 3.05) is 24.6 Å². The average Bonchev–Trinajstić information content (AvgIpc) is 2.76. The van der Waals surface area contributed by atoms with Gasteiger partial charge in [-0.3, -0.25) is 0 Å². The number of tetrazole rings is 1. The van der Waals surface area contributed by atoms with E-state index in [2.05, 4.69) is 15.4 Å². The van der Waals surface area contributed by atoms with Gasteiger partial charge in [-0.05, 0) is 26.0 Å². The lowest BCUT2D eigenvalue weighted by atomic mass is 10.2. The van der Waals surface area contributed by atoms with Crippen molar-refractivity contribution in [1.29, 1.82) is 0 Å². The molecular weight excluding hydrogens is 250 g/mol. The number of hydrogen-bond donors (Lipinski definition) is 0. The molecule has 2 rings (SSSR count). The maximum absolute atomic E-state index is 11.3. The number of nitrogens with zero attached hydrogens (tertiary/aromatic N) is 5. The molecule has 2 heterocycles. The lowest BCUT2D eigenvalue weighted by Crippen LogP contribution is -2.46. The van der Waals surface area contributed by atoms with Gasteiger partial charge in [-0.15, -0.1) is 5.10 Å². The molecule has 1 saturated heterocycles. The number of hydrogen-bond acceptors (Lipinski definition) is 7. The molecule has 1 aromatic rings. The number of ether oxygens (including phenoxy) is 2. The summed E-state index contributed by atoms with van der Waals surface area (Å²) >= 11 is 0. The highest BCUT2D eigenvalue weighted by atomic mass is 16.5. The second-order valence-electron chi connectivity index (χ2n) is 4.59. The predicted octanol–water partition coefficient (Wildman–Crippen LogP) is -0.150. The molecule has 0 bridgehead atoms. The van der Waals surface area contributed by atoms with Gasteiger partial charge in [0.25, 0.3) is 5.95 Å². The molecule has 106 valence electrons. The number of carbonyl (C=O) groups is 1. The standard InChI is InChI=1S/C11H19N5O3/c1-4-18-10(17)7-16-13-11(12-14-16)15-5-8(2)19-9(3)6-15/h8-9H,4-7H2,1-3H3. The van der Waals surface area contributed by atoms with Crippen LogP contribution in [0.5, 0.6) is 0 Å². The van der Waals surface area contributed by atoms with E-state index in [4.69, 9.17) is 9.47 Å². The molecule has 8 heteroatoms. The third kappa shape index (κ3) is 3.63. The summed E-state index contributed by atoms with van der Waals surface area (Å²) in [7, 11) is 0. The highest BCUT2D eigenvalue weighted by Gasteiger charge is 2.25. The molecule has 8 nitrogen and oxygen atoms in total. The van der Waals surface area contributed by atoms with Crippen LogP contribution in [-0.4, -0.2) is 58.1 Å². The Morgan fingerprint density at radius 2 is 2.11 bits per heavy atom. The molecule has 0 aliphatic carbocycles. The van der Waals surface area contributed by atoms with Gasteiger partial charge in [0.1, 0.15) is 0 Å². The van der Waals surface area contributed by atoms with Gasteiger partial charge in [-0.25, -0.2) is 4.79 Å². The van der Waals surface area contributed by atoms with Gasteiger partial charge >= 0.3 is 5.97 Å². The van der Waals surface area contributed by atoms with Crippen molar-refractivity contribution in [3.8, 4) is 0 Å². The van der Waals surface area contributed by atoms with Crippen molar-refractivity contribution < 1.29 is 14.3 Å². The normalized spacial score (nSPS) is 23.4. The molecule has 0 amide bonds. The van der Waals surface area contributed by atoms with Crippen molar-refractivity contribution in [3.05, 3.63) is 0 Å². The van der Waals surface area contributed by atoms with Crippen molar-refractivity contribution in [2.45, 2.75) is 39.5 Å². The van der Waals surface area contributed by atoms with E-state index >= 15 is 0 Å². The van der Waals surface area contributed by atoms with Crippen LogP contribution in [0.4, 0.5) is 5.95 Å². The van der Waals surface area contributed by atoms with Crippen LogP contribution < -0.4 is 4.90 Å². The first kappa shape index (κ1) is 13.7. The number of carbonyl (C=O) groups excluding carboxylic acids is 1. The van der Waals surface area contributed by atoms with Crippen LogP contribution in [0.2, 0.25) is 0 Å². The van der Waals surface area contributed by atoms with Crippen LogP contribution in [0, 0.1) is 0 Å². The maximum Gasteiger partial charge on any atom is 0.329 e. The van der Waals surface area contributed by atoms with Gasteiger partial charge in [-0.2, -0.15) is 4.80 Å². The minimum absolute atomic E-state index is 0.0176. The second kappa shape index (κ2) is 5.96. The molecule has 1 aliphatic heterocycles. The van der Waals surface area contributed by atoms with Crippen molar-refractivity contribution in [1.82, 2.24) is 20.2 Å². The van der Waals surface area contributed by atoms with Gasteiger partial charge < -0.3 is 14.4 Å². The second-order valence-corrected chi connectivity index (χ2v) is 4.59. The fourth-order valence-electron chi connectivity index (χ4n) is 2.09. The number of esters is 1. The van der Waals surface area contributed by atoms with E-state index in [9.17, 15) is 4.79 Å². The van der Waals surface area contributed by atoms with Gasteiger partial charge in [0.15, 0.2) is 6.54 Å². The third-order valence-electron chi connectivity index (χ3n) is 2.72. The molecule has 0 aromatic carbocycles. The minimum atomic E-state index is -0.366. The Balaban J connectivity index is 1.98. The zero-order valence-corrected chi connectivity index (χ0v) is 11.4. The monoisotopic (exact) mass is 269 g/mol. The third-order valence-corrected chi connectivity index (χ3v) is 2.72. The van der Waals surface area contributed by atoms with E-state index in [1.807, 2.05) is 18.7 Å². The molecule has 0 N–H and O–H groups in total.